The normalized spacial score (nSPS) is 10.2. The first-order valence-electron chi connectivity index (χ1n) is 5.76. The molecule has 1 N–H and O–H groups in total. The van der Waals surface area contributed by atoms with E-state index in [0.717, 1.165) is 18.2 Å². The van der Waals surface area contributed by atoms with Crippen LogP contribution in [0.3, 0.4) is 0 Å². The first kappa shape index (κ1) is 14.0. The second-order valence-electron chi connectivity index (χ2n) is 3.78. The average Bonchev–Trinajstić information content (AvgIpc) is 2.34. The van der Waals surface area contributed by atoms with Gasteiger partial charge in [-0.15, -0.1) is 0 Å². The van der Waals surface area contributed by atoms with Gasteiger partial charge in [0.2, 0.25) is 0 Å². The maximum atomic E-state index is 10.7. The lowest BCUT2D eigenvalue weighted by molar-refractivity contribution is 0.0696. The largest absolute Gasteiger partial charge is 0.494 e. The summed E-state index contributed by atoms with van der Waals surface area (Å²) < 4.78 is 5.50. The molecule has 0 bridgehead atoms. The molecule has 17 heavy (non-hydrogen) atoms. The van der Waals surface area contributed by atoms with Crippen LogP contribution < -0.4 is 4.74 Å². The van der Waals surface area contributed by atoms with E-state index in [-0.39, 0.29) is 5.56 Å². The molecule has 0 aliphatic rings. The number of alkyl halides is 1. The van der Waals surface area contributed by atoms with Crippen LogP contribution in [0, 0.1) is 0 Å². The van der Waals surface area contributed by atoms with E-state index in [1.54, 1.807) is 24.3 Å². The van der Waals surface area contributed by atoms with Crippen LogP contribution in [0.15, 0.2) is 24.3 Å². The lowest BCUT2D eigenvalue weighted by atomic mass is 10.2. The topological polar surface area (TPSA) is 46.5 Å². The third-order valence-electron chi connectivity index (χ3n) is 2.38. The summed E-state index contributed by atoms with van der Waals surface area (Å²) in [6, 6.07) is 6.60. The summed E-state index contributed by atoms with van der Waals surface area (Å²) in [4.78, 5) is 10.7. The van der Waals surface area contributed by atoms with Crippen molar-refractivity contribution in [2.75, 3.05) is 11.9 Å². The molecule has 0 aliphatic heterocycles. The van der Waals surface area contributed by atoms with Crippen molar-refractivity contribution >= 4 is 21.9 Å². The third-order valence-corrected chi connectivity index (χ3v) is 2.94. The summed E-state index contributed by atoms with van der Waals surface area (Å²) in [7, 11) is 0. The smallest absolute Gasteiger partial charge is 0.335 e. The molecule has 0 aromatic heterocycles. The fourth-order valence-corrected chi connectivity index (χ4v) is 1.86. The van der Waals surface area contributed by atoms with Gasteiger partial charge in [-0.25, -0.2) is 4.79 Å². The van der Waals surface area contributed by atoms with E-state index in [9.17, 15) is 4.79 Å². The van der Waals surface area contributed by atoms with Gasteiger partial charge < -0.3 is 9.84 Å². The van der Waals surface area contributed by atoms with E-state index < -0.39 is 5.97 Å². The van der Waals surface area contributed by atoms with Crippen LogP contribution in [-0.2, 0) is 0 Å². The second kappa shape index (κ2) is 8.12. The third kappa shape index (κ3) is 5.73. The lowest BCUT2D eigenvalue weighted by Crippen LogP contribution is -2.00. The molecule has 0 aliphatic carbocycles. The van der Waals surface area contributed by atoms with Gasteiger partial charge in [-0.3, -0.25) is 0 Å². The molecule has 0 saturated carbocycles. The van der Waals surface area contributed by atoms with Crippen molar-refractivity contribution in [1.29, 1.82) is 0 Å². The number of carboxylic acid groups (broad SMARTS) is 1. The highest BCUT2D eigenvalue weighted by molar-refractivity contribution is 9.09. The van der Waals surface area contributed by atoms with Gasteiger partial charge >= 0.3 is 5.97 Å². The molecular weight excluding hydrogens is 284 g/mol. The van der Waals surface area contributed by atoms with E-state index in [4.69, 9.17) is 9.84 Å². The predicted molar refractivity (Wildman–Crippen MR) is 71.2 cm³/mol. The molecule has 1 aromatic carbocycles. The highest BCUT2D eigenvalue weighted by Crippen LogP contribution is 2.14. The Morgan fingerprint density at radius 2 is 2.00 bits per heavy atom. The highest BCUT2D eigenvalue weighted by atomic mass is 79.9. The summed E-state index contributed by atoms with van der Waals surface area (Å²) in [6.07, 6.45) is 4.53. The van der Waals surface area contributed by atoms with Crippen LogP contribution in [0.25, 0.3) is 0 Å². The molecule has 3 nitrogen and oxygen atoms in total. The van der Waals surface area contributed by atoms with Gasteiger partial charge in [-0.05, 0) is 31.0 Å². The molecule has 0 heterocycles. The van der Waals surface area contributed by atoms with Crippen molar-refractivity contribution < 1.29 is 14.6 Å². The Hall–Kier alpha value is -1.03. The average molecular weight is 301 g/mol. The molecule has 94 valence electrons. The number of carbonyl (C=O) groups is 1. The number of ether oxygens (including phenoxy) is 1. The van der Waals surface area contributed by atoms with Crippen LogP contribution >= 0.6 is 15.9 Å². The fourth-order valence-electron chi connectivity index (χ4n) is 1.46. The number of hydrogen-bond donors (Lipinski definition) is 1. The van der Waals surface area contributed by atoms with Crippen molar-refractivity contribution in [3.05, 3.63) is 29.8 Å². The van der Waals surface area contributed by atoms with Crippen LogP contribution in [0.4, 0.5) is 0 Å². The Bertz CT molecular complexity index is 352. The van der Waals surface area contributed by atoms with Crippen molar-refractivity contribution in [3.8, 4) is 5.75 Å². The van der Waals surface area contributed by atoms with Gasteiger partial charge in [-0.1, -0.05) is 34.8 Å². The number of hydrogen-bond acceptors (Lipinski definition) is 2. The van der Waals surface area contributed by atoms with E-state index in [0.29, 0.717) is 12.4 Å². The SMILES string of the molecule is O=C(O)c1cccc(OCCCCCCBr)c1. The molecule has 0 amide bonds. The van der Waals surface area contributed by atoms with E-state index in [1.165, 1.54) is 12.8 Å². The zero-order valence-electron chi connectivity index (χ0n) is 9.69. The molecule has 0 saturated heterocycles. The summed E-state index contributed by atoms with van der Waals surface area (Å²) in [6.45, 7) is 0.644. The second-order valence-corrected chi connectivity index (χ2v) is 4.58. The minimum Gasteiger partial charge on any atom is -0.494 e. The number of aromatic carboxylic acids is 1. The quantitative estimate of drug-likeness (QED) is 0.588. The molecular formula is C13H17BrO3. The Morgan fingerprint density at radius 1 is 1.24 bits per heavy atom. The van der Waals surface area contributed by atoms with Crippen molar-refractivity contribution in [2.45, 2.75) is 25.7 Å². The molecule has 0 unspecified atom stereocenters. The molecule has 0 spiro atoms. The monoisotopic (exact) mass is 300 g/mol. The van der Waals surface area contributed by atoms with Crippen molar-refractivity contribution in [1.82, 2.24) is 0 Å². The van der Waals surface area contributed by atoms with Gasteiger partial charge in [0, 0.05) is 5.33 Å². The molecule has 0 atom stereocenters. The summed E-state index contributed by atoms with van der Waals surface area (Å²) in [5.74, 6) is -0.293. The summed E-state index contributed by atoms with van der Waals surface area (Å²) >= 11 is 3.39. The first-order valence-corrected chi connectivity index (χ1v) is 6.88. The Labute approximate surface area is 110 Å². The van der Waals surface area contributed by atoms with Gasteiger partial charge in [0.05, 0.1) is 12.2 Å². The van der Waals surface area contributed by atoms with E-state index in [2.05, 4.69) is 15.9 Å². The molecule has 4 heteroatoms. The Balaban J connectivity index is 2.27. The van der Waals surface area contributed by atoms with Gasteiger partial charge in [-0.2, -0.15) is 0 Å². The van der Waals surface area contributed by atoms with Crippen molar-refractivity contribution in [2.24, 2.45) is 0 Å². The number of unbranched alkanes of at least 4 members (excludes halogenated alkanes) is 3. The number of carboxylic acids is 1. The van der Waals surface area contributed by atoms with Gasteiger partial charge in [0.25, 0.3) is 0 Å². The molecule has 0 fully saturated rings. The van der Waals surface area contributed by atoms with E-state index >= 15 is 0 Å². The Morgan fingerprint density at radius 3 is 2.71 bits per heavy atom. The van der Waals surface area contributed by atoms with Crippen molar-refractivity contribution in [3.63, 3.8) is 0 Å². The van der Waals surface area contributed by atoms with Gasteiger partial charge in [0.15, 0.2) is 0 Å². The number of halogens is 1. The zero-order valence-corrected chi connectivity index (χ0v) is 11.3. The summed E-state index contributed by atoms with van der Waals surface area (Å²) in [5, 5.41) is 9.87. The zero-order chi connectivity index (χ0) is 12.5. The minimum atomic E-state index is -0.923. The maximum Gasteiger partial charge on any atom is 0.335 e. The van der Waals surface area contributed by atoms with Crippen LogP contribution in [-0.4, -0.2) is 23.0 Å². The van der Waals surface area contributed by atoms with Crippen LogP contribution in [0.1, 0.15) is 36.0 Å². The first-order chi connectivity index (χ1) is 8.24. The minimum absolute atomic E-state index is 0.266. The number of rotatable bonds is 8. The van der Waals surface area contributed by atoms with Crippen LogP contribution in [0.2, 0.25) is 0 Å². The molecule has 0 radical (unpaired) electrons. The summed E-state index contributed by atoms with van der Waals surface area (Å²) in [5.41, 5.74) is 0.266. The van der Waals surface area contributed by atoms with E-state index in [1.807, 2.05) is 0 Å². The molecule has 1 rings (SSSR count). The standard InChI is InChI=1S/C13H17BrO3/c14-8-3-1-2-4-9-17-12-7-5-6-11(10-12)13(15)16/h5-7,10H,1-4,8-9H2,(H,15,16). The highest BCUT2D eigenvalue weighted by Gasteiger charge is 2.03. The lowest BCUT2D eigenvalue weighted by Gasteiger charge is -2.06. The number of benzene rings is 1. The molecule has 1 aromatic rings. The van der Waals surface area contributed by atoms with Crippen LogP contribution in [0.5, 0.6) is 5.75 Å². The van der Waals surface area contributed by atoms with Gasteiger partial charge in [0.1, 0.15) is 5.75 Å². The Kier molecular flexibility index (Phi) is 6.70. The predicted octanol–water partition coefficient (Wildman–Crippen LogP) is 3.72. The fraction of sp³-hybridized carbons (Fsp3) is 0.462. The maximum absolute atomic E-state index is 10.7.